The lowest BCUT2D eigenvalue weighted by molar-refractivity contribution is -0.120. The summed E-state index contributed by atoms with van der Waals surface area (Å²) in [4.78, 5) is 11.2. The third-order valence-corrected chi connectivity index (χ3v) is 3.08. The Kier molecular flexibility index (Phi) is 3.87. The van der Waals surface area contributed by atoms with Crippen LogP contribution in [0.5, 0.6) is 5.75 Å². The first-order chi connectivity index (χ1) is 8.76. The lowest BCUT2D eigenvalue weighted by Gasteiger charge is -2.06. The van der Waals surface area contributed by atoms with Gasteiger partial charge in [-0.15, -0.1) is 0 Å². The number of hydrogen-bond acceptors (Lipinski definition) is 2. The molecule has 0 aliphatic heterocycles. The van der Waals surface area contributed by atoms with Crippen molar-refractivity contribution in [1.29, 1.82) is 0 Å². The highest BCUT2D eigenvalue weighted by atomic mass is 16.5. The molecule has 18 heavy (non-hydrogen) atoms. The van der Waals surface area contributed by atoms with E-state index in [-0.39, 0.29) is 5.91 Å². The van der Waals surface area contributed by atoms with Crippen LogP contribution in [0.4, 0.5) is 0 Å². The molecule has 0 aliphatic carbocycles. The van der Waals surface area contributed by atoms with E-state index in [1.807, 2.05) is 24.4 Å². The zero-order chi connectivity index (χ0) is 13.0. The van der Waals surface area contributed by atoms with Crippen molar-refractivity contribution in [3.63, 3.8) is 0 Å². The van der Waals surface area contributed by atoms with E-state index in [4.69, 9.17) is 4.74 Å². The van der Waals surface area contributed by atoms with Crippen molar-refractivity contribution in [3.05, 3.63) is 30.5 Å². The maximum absolute atomic E-state index is 11.2. The zero-order valence-corrected chi connectivity index (χ0v) is 10.8. The molecule has 1 N–H and O–H groups in total. The molecule has 2 aromatic rings. The third-order valence-electron chi connectivity index (χ3n) is 3.08. The van der Waals surface area contributed by atoms with Gasteiger partial charge in [0.15, 0.2) is 0 Å². The zero-order valence-electron chi connectivity index (χ0n) is 10.8. The first kappa shape index (κ1) is 12.5. The van der Waals surface area contributed by atoms with Crippen LogP contribution in [-0.2, 0) is 11.3 Å². The number of benzene rings is 1. The van der Waals surface area contributed by atoms with E-state index < -0.39 is 0 Å². The number of hydrogen-bond donors (Lipinski definition) is 1. The van der Waals surface area contributed by atoms with Crippen molar-refractivity contribution in [1.82, 2.24) is 9.88 Å². The number of nitrogens with one attached hydrogen (secondary N) is 1. The first-order valence-electron chi connectivity index (χ1n) is 6.08. The number of aromatic nitrogens is 1. The molecule has 0 spiro atoms. The molecule has 1 heterocycles. The number of nitrogens with zero attached hydrogens (tertiary/aromatic N) is 1. The van der Waals surface area contributed by atoms with E-state index in [2.05, 4.69) is 16.0 Å². The number of amides is 1. The van der Waals surface area contributed by atoms with Crippen molar-refractivity contribution < 1.29 is 9.53 Å². The van der Waals surface area contributed by atoms with Crippen molar-refractivity contribution in [2.75, 3.05) is 14.2 Å². The SMILES string of the molecule is CNC(=O)CCCn1ccc2c(OC)cccc21. The van der Waals surface area contributed by atoms with Crippen molar-refractivity contribution in [2.24, 2.45) is 0 Å². The van der Waals surface area contributed by atoms with Gasteiger partial charge in [0.1, 0.15) is 5.75 Å². The summed E-state index contributed by atoms with van der Waals surface area (Å²) < 4.78 is 7.48. The molecular formula is C14H18N2O2. The highest BCUT2D eigenvalue weighted by Crippen LogP contribution is 2.26. The summed E-state index contributed by atoms with van der Waals surface area (Å²) in [5.41, 5.74) is 1.14. The fourth-order valence-electron chi connectivity index (χ4n) is 2.10. The number of rotatable bonds is 5. The molecule has 0 saturated heterocycles. The van der Waals surface area contributed by atoms with Gasteiger partial charge in [0.05, 0.1) is 12.6 Å². The Balaban J connectivity index is 2.12. The smallest absolute Gasteiger partial charge is 0.219 e. The summed E-state index contributed by atoms with van der Waals surface area (Å²) in [5.74, 6) is 0.974. The van der Waals surface area contributed by atoms with Crippen molar-refractivity contribution in [2.45, 2.75) is 19.4 Å². The standard InChI is InChI=1S/C14H18N2O2/c1-15-14(17)7-4-9-16-10-8-11-12(16)5-3-6-13(11)18-2/h3,5-6,8,10H,4,7,9H2,1-2H3,(H,15,17). The van der Waals surface area contributed by atoms with Gasteiger partial charge < -0.3 is 14.6 Å². The van der Waals surface area contributed by atoms with E-state index in [9.17, 15) is 4.79 Å². The monoisotopic (exact) mass is 246 g/mol. The number of aryl methyl sites for hydroxylation is 1. The lowest BCUT2D eigenvalue weighted by atomic mass is 10.2. The van der Waals surface area contributed by atoms with E-state index in [0.717, 1.165) is 29.6 Å². The van der Waals surface area contributed by atoms with Gasteiger partial charge in [-0.05, 0) is 24.6 Å². The second-order valence-corrected chi connectivity index (χ2v) is 4.18. The van der Waals surface area contributed by atoms with Gasteiger partial charge in [-0.3, -0.25) is 4.79 Å². The molecule has 4 nitrogen and oxygen atoms in total. The second kappa shape index (κ2) is 5.58. The second-order valence-electron chi connectivity index (χ2n) is 4.18. The normalized spacial score (nSPS) is 10.6. The minimum Gasteiger partial charge on any atom is -0.496 e. The highest BCUT2D eigenvalue weighted by Gasteiger charge is 2.06. The van der Waals surface area contributed by atoms with Gasteiger partial charge in [-0.25, -0.2) is 0 Å². The minimum atomic E-state index is 0.0871. The van der Waals surface area contributed by atoms with E-state index >= 15 is 0 Å². The summed E-state index contributed by atoms with van der Waals surface area (Å²) >= 11 is 0. The Labute approximate surface area is 107 Å². The van der Waals surface area contributed by atoms with Crippen LogP contribution in [0, 0.1) is 0 Å². The average molecular weight is 246 g/mol. The van der Waals surface area contributed by atoms with E-state index in [1.165, 1.54) is 0 Å². The Morgan fingerprint density at radius 1 is 1.39 bits per heavy atom. The lowest BCUT2D eigenvalue weighted by Crippen LogP contribution is -2.17. The molecule has 0 saturated carbocycles. The number of carbonyl (C=O) groups excluding carboxylic acids is 1. The molecule has 96 valence electrons. The molecule has 0 unspecified atom stereocenters. The highest BCUT2D eigenvalue weighted by molar-refractivity contribution is 5.86. The predicted octanol–water partition coefficient (Wildman–Crippen LogP) is 2.18. The van der Waals surface area contributed by atoms with Gasteiger partial charge in [0, 0.05) is 31.6 Å². The maximum atomic E-state index is 11.2. The molecule has 1 amide bonds. The molecule has 1 aromatic carbocycles. The van der Waals surface area contributed by atoms with Gasteiger partial charge >= 0.3 is 0 Å². The van der Waals surface area contributed by atoms with Crippen LogP contribution >= 0.6 is 0 Å². The molecule has 0 aliphatic rings. The van der Waals surface area contributed by atoms with Crippen LogP contribution in [0.15, 0.2) is 30.5 Å². The fourth-order valence-corrected chi connectivity index (χ4v) is 2.10. The molecule has 0 atom stereocenters. The third kappa shape index (κ3) is 2.47. The molecule has 2 rings (SSSR count). The molecule has 0 fully saturated rings. The average Bonchev–Trinajstić information content (AvgIpc) is 2.82. The summed E-state index contributed by atoms with van der Waals surface area (Å²) in [6.07, 6.45) is 3.43. The predicted molar refractivity (Wildman–Crippen MR) is 71.8 cm³/mol. The van der Waals surface area contributed by atoms with E-state index in [0.29, 0.717) is 6.42 Å². The van der Waals surface area contributed by atoms with Gasteiger partial charge in [0.25, 0.3) is 0 Å². The molecule has 0 bridgehead atoms. The van der Waals surface area contributed by atoms with E-state index in [1.54, 1.807) is 14.2 Å². The molecular weight excluding hydrogens is 228 g/mol. The number of carbonyl (C=O) groups is 1. The molecule has 1 aromatic heterocycles. The van der Waals surface area contributed by atoms with Crippen LogP contribution in [0.3, 0.4) is 0 Å². The van der Waals surface area contributed by atoms with Gasteiger partial charge in [-0.2, -0.15) is 0 Å². The number of fused-ring (bicyclic) bond motifs is 1. The Morgan fingerprint density at radius 3 is 2.94 bits per heavy atom. The minimum absolute atomic E-state index is 0.0871. The van der Waals surface area contributed by atoms with Crippen molar-refractivity contribution in [3.8, 4) is 5.75 Å². The van der Waals surface area contributed by atoms with Gasteiger partial charge in [0.2, 0.25) is 5.91 Å². The largest absolute Gasteiger partial charge is 0.496 e. The molecule has 0 radical (unpaired) electrons. The Hall–Kier alpha value is -1.97. The Morgan fingerprint density at radius 2 is 2.22 bits per heavy atom. The van der Waals surface area contributed by atoms with Crippen LogP contribution in [0.1, 0.15) is 12.8 Å². The Bertz CT molecular complexity index is 546. The van der Waals surface area contributed by atoms with Gasteiger partial charge in [-0.1, -0.05) is 6.07 Å². The number of ether oxygens (including phenoxy) is 1. The maximum Gasteiger partial charge on any atom is 0.219 e. The summed E-state index contributed by atoms with van der Waals surface area (Å²) in [5, 5.41) is 3.74. The van der Waals surface area contributed by atoms with Crippen LogP contribution in [-0.4, -0.2) is 24.6 Å². The van der Waals surface area contributed by atoms with Crippen LogP contribution in [0.2, 0.25) is 0 Å². The van der Waals surface area contributed by atoms with Crippen molar-refractivity contribution >= 4 is 16.8 Å². The van der Waals surface area contributed by atoms with Crippen LogP contribution in [0.25, 0.3) is 10.9 Å². The first-order valence-corrected chi connectivity index (χ1v) is 6.08. The molecule has 4 heteroatoms. The quantitative estimate of drug-likeness (QED) is 0.878. The van der Waals surface area contributed by atoms with Crippen LogP contribution < -0.4 is 10.1 Å². The number of methoxy groups -OCH3 is 1. The summed E-state index contributed by atoms with van der Waals surface area (Å²) in [7, 11) is 3.34. The summed E-state index contributed by atoms with van der Waals surface area (Å²) in [6, 6.07) is 8.05. The summed E-state index contributed by atoms with van der Waals surface area (Å²) in [6.45, 7) is 0.837. The fraction of sp³-hybridized carbons (Fsp3) is 0.357. The topological polar surface area (TPSA) is 43.3 Å².